The van der Waals surface area contributed by atoms with E-state index >= 15 is 0 Å². The molecule has 1 amide bonds. The summed E-state index contributed by atoms with van der Waals surface area (Å²) in [7, 11) is 1.62. The number of thioether (sulfide) groups is 1. The minimum atomic E-state index is -0.108. The Morgan fingerprint density at radius 3 is 2.55 bits per heavy atom. The Kier molecular flexibility index (Phi) is 5.17. The van der Waals surface area contributed by atoms with Gasteiger partial charge >= 0.3 is 0 Å². The first-order valence-corrected chi connectivity index (χ1v) is 8.33. The fourth-order valence-electron chi connectivity index (χ4n) is 2.64. The second-order valence-electron chi connectivity index (χ2n) is 5.23. The van der Waals surface area contributed by atoms with Gasteiger partial charge in [0.15, 0.2) is 0 Å². The van der Waals surface area contributed by atoms with Crippen molar-refractivity contribution in [1.29, 1.82) is 0 Å². The molecule has 1 aliphatic rings. The van der Waals surface area contributed by atoms with Crippen LogP contribution < -0.4 is 16.4 Å². The third-order valence-electron chi connectivity index (χ3n) is 3.91. The molecule has 0 aromatic heterocycles. The molecule has 0 spiro atoms. The van der Waals surface area contributed by atoms with E-state index < -0.39 is 0 Å². The number of anilines is 2. The van der Waals surface area contributed by atoms with Crippen molar-refractivity contribution >= 4 is 29.0 Å². The van der Waals surface area contributed by atoms with Crippen LogP contribution in [0.15, 0.2) is 18.2 Å². The monoisotopic (exact) mass is 293 g/mol. The molecule has 1 fully saturated rings. The van der Waals surface area contributed by atoms with Gasteiger partial charge in [-0.15, -0.1) is 0 Å². The molecule has 1 aromatic carbocycles. The number of nitrogens with one attached hydrogen (secondary N) is 2. The maximum atomic E-state index is 11.5. The number of nitrogens with two attached hydrogens (primary N) is 1. The van der Waals surface area contributed by atoms with Crippen LogP contribution in [-0.4, -0.2) is 30.5 Å². The van der Waals surface area contributed by atoms with E-state index in [4.69, 9.17) is 5.73 Å². The first-order chi connectivity index (χ1) is 9.63. The summed E-state index contributed by atoms with van der Waals surface area (Å²) in [6.45, 7) is 0. The van der Waals surface area contributed by atoms with Crippen LogP contribution in [-0.2, 0) is 0 Å². The first kappa shape index (κ1) is 15.0. The number of benzene rings is 1. The van der Waals surface area contributed by atoms with Crippen LogP contribution in [0.25, 0.3) is 0 Å². The van der Waals surface area contributed by atoms with Crippen molar-refractivity contribution in [2.24, 2.45) is 0 Å². The fourth-order valence-corrected chi connectivity index (χ4v) is 3.39. The van der Waals surface area contributed by atoms with Crippen molar-refractivity contribution in [1.82, 2.24) is 5.32 Å². The molecule has 1 saturated carbocycles. The lowest BCUT2D eigenvalue weighted by molar-refractivity contribution is 0.0963. The zero-order chi connectivity index (χ0) is 14.5. The molecule has 0 unspecified atom stereocenters. The van der Waals surface area contributed by atoms with Crippen molar-refractivity contribution in [3.63, 3.8) is 0 Å². The van der Waals surface area contributed by atoms with Gasteiger partial charge in [-0.1, -0.05) is 0 Å². The van der Waals surface area contributed by atoms with E-state index in [2.05, 4.69) is 16.9 Å². The average Bonchev–Trinajstić information content (AvgIpc) is 2.49. The minimum absolute atomic E-state index is 0.108. The van der Waals surface area contributed by atoms with Gasteiger partial charge in [0.2, 0.25) is 0 Å². The lowest BCUT2D eigenvalue weighted by Gasteiger charge is -2.29. The minimum Gasteiger partial charge on any atom is -0.397 e. The molecule has 0 heterocycles. The van der Waals surface area contributed by atoms with Gasteiger partial charge in [-0.2, -0.15) is 11.8 Å². The summed E-state index contributed by atoms with van der Waals surface area (Å²) in [5.74, 6) is -0.108. The summed E-state index contributed by atoms with van der Waals surface area (Å²) in [6.07, 6.45) is 7.07. The number of carbonyl (C=O) groups is 1. The predicted molar refractivity (Wildman–Crippen MR) is 87.4 cm³/mol. The molecular formula is C15H23N3OS. The molecule has 0 aliphatic heterocycles. The van der Waals surface area contributed by atoms with Gasteiger partial charge in [-0.3, -0.25) is 4.79 Å². The first-order valence-electron chi connectivity index (χ1n) is 7.05. The van der Waals surface area contributed by atoms with Crippen molar-refractivity contribution in [2.75, 3.05) is 24.4 Å². The van der Waals surface area contributed by atoms with Gasteiger partial charge in [0.1, 0.15) is 0 Å². The topological polar surface area (TPSA) is 67.2 Å². The summed E-state index contributed by atoms with van der Waals surface area (Å²) < 4.78 is 0. The Bertz CT molecular complexity index is 470. The molecule has 0 radical (unpaired) electrons. The third kappa shape index (κ3) is 3.60. The number of carbonyl (C=O) groups excluding carboxylic acids is 1. The van der Waals surface area contributed by atoms with Crippen LogP contribution in [0.3, 0.4) is 0 Å². The van der Waals surface area contributed by atoms with Crippen LogP contribution in [0.5, 0.6) is 0 Å². The zero-order valence-electron chi connectivity index (χ0n) is 12.1. The lowest BCUT2D eigenvalue weighted by atomic mass is 9.94. The largest absolute Gasteiger partial charge is 0.397 e. The van der Waals surface area contributed by atoms with E-state index in [9.17, 15) is 4.79 Å². The SMILES string of the molecule is CNC(=O)c1ccc(NC2CCC(SC)CC2)c(N)c1. The van der Waals surface area contributed by atoms with Gasteiger partial charge in [0.25, 0.3) is 5.91 Å². The van der Waals surface area contributed by atoms with Crippen molar-refractivity contribution in [3.8, 4) is 0 Å². The second kappa shape index (κ2) is 6.88. The Morgan fingerprint density at radius 1 is 1.30 bits per heavy atom. The maximum absolute atomic E-state index is 11.5. The molecule has 0 bridgehead atoms. The van der Waals surface area contributed by atoms with Gasteiger partial charge in [-0.05, 0) is 50.1 Å². The number of hydrogen-bond acceptors (Lipinski definition) is 4. The molecule has 2 rings (SSSR count). The molecule has 110 valence electrons. The van der Waals surface area contributed by atoms with Crippen LogP contribution in [0.2, 0.25) is 0 Å². The molecule has 4 nitrogen and oxygen atoms in total. The number of amides is 1. The highest BCUT2D eigenvalue weighted by Crippen LogP contribution is 2.30. The smallest absolute Gasteiger partial charge is 0.251 e. The summed E-state index contributed by atoms with van der Waals surface area (Å²) in [5.41, 5.74) is 8.21. The number of rotatable bonds is 4. The molecule has 0 atom stereocenters. The Labute approximate surface area is 124 Å². The predicted octanol–water partition coefficient (Wildman–Crippen LogP) is 2.71. The number of nitrogen functional groups attached to an aromatic ring is 1. The van der Waals surface area contributed by atoms with E-state index in [-0.39, 0.29) is 5.91 Å². The van der Waals surface area contributed by atoms with Crippen molar-refractivity contribution < 1.29 is 4.79 Å². The molecule has 0 saturated heterocycles. The van der Waals surface area contributed by atoms with E-state index in [1.807, 2.05) is 23.9 Å². The quantitative estimate of drug-likeness (QED) is 0.747. The Balaban J connectivity index is 1.98. The Morgan fingerprint density at radius 2 is 2.00 bits per heavy atom. The van der Waals surface area contributed by atoms with E-state index in [1.54, 1.807) is 13.1 Å². The standard InChI is InChI=1S/C15H23N3OS/c1-17-15(19)10-3-8-14(13(16)9-10)18-11-4-6-12(20-2)7-5-11/h3,8-9,11-12,18H,4-7,16H2,1-2H3,(H,17,19). The number of hydrogen-bond donors (Lipinski definition) is 3. The van der Waals surface area contributed by atoms with E-state index in [0.717, 1.165) is 10.9 Å². The van der Waals surface area contributed by atoms with Gasteiger partial charge in [0.05, 0.1) is 11.4 Å². The lowest BCUT2D eigenvalue weighted by Crippen LogP contribution is -2.27. The highest BCUT2D eigenvalue weighted by molar-refractivity contribution is 7.99. The molecular weight excluding hydrogens is 270 g/mol. The third-order valence-corrected chi connectivity index (χ3v) is 5.05. The zero-order valence-corrected chi connectivity index (χ0v) is 12.9. The Hall–Kier alpha value is -1.36. The van der Waals surface area contributed by atoms with Gasteiger partial charge < -0.3 is 16.4 Å². The van der Waals surface area contributed by atoms with E-state index in [1.165, 1.54) is 25.7 Å². The highest BCUT2D eigenvalue weighted by atomic mass is 32.2. The summed E-state index contributed by atoms with van der Waals surface area (Å²) in [6, 6.07) is 5.94. The summed E-state index contributed by atoms with van der Waals surface area (Å²) in [5, 5.41) is 6.92. The average molecular weight is 293 g/mol. The van der Waals surface area contributed by atoms with E-state index in [0.29, 0.717) is 17.3 Å². The molecule has 1 aliphatic carbocycles. The van der Waals surface area contributed by atoms with Crippen LogP contribution in [0, 0.1) is 0 Å². The molecule has 1 aromatic rings. The maximum Gasteiger partial charge on any atom is 0.251 e. The highest BCUT2D eigenvalue weighted by Gasteiger charge is 2.20. The molecule has 4 N–H and O–H groups in total. The second-order valence-corrected chi connectivity index (χ2v) is 6.37. The summed E-state index contributed by atoms with van der Waals surface area (Å²) in [4.78, 5) is 11.5. The van der Waals surface area contributed by atoms with Crippen LogP contribution in [0.1, 0.15) is 36.0 Å². The van der Waals surface area contributed by atoms with Crippen LogP contribution in [0.4, 0.5) is 11.4 Å². The van der Waals surface area contributed by atoms with Crippen LogP contribution >= 0.6 is 11.8 Å². The van der Waals surface area contributed by atoms with Crippen molar-refractivity contribution in [3.05, 3.63) is 23.8 Å². The normalized spacial score (nSPS) is 22.3. The van der Waals surface area contributed by atoms with Crippen molar-refractivity contribution in [2.45, 2.75) is 37.0 Å². The molecule has 20 heavy (non-hydrogen) atoms. The fraction of sp³-hybridized carbons (Fsp3) is 0.533. The van der Waals surface area contributed by atoms with Gasteiger partial charge in [0, 0.05) is 23.9 Å². The van der Waals surface area contributed by atoms with Gasteiger partial charge in [-0.25, -0.2) is 0 Å². The molecule has 5 heteroatoms. The summed E-state index contributed by atoms with van der Waals surface area (Å²) >= 11 is 1.97.